The van der Waals surface area contributed by atoms with Gasteiger partial charge in [-0.05, 0) is 56.0 Å². The highest BCUT2D eigenvalue weighted by Gasteiger charge is 2.35. The molecule has 0 bridgehead atoms. The molecule has 0 saturated carbocycles. The molecule has 1 fully saturated rings. The van der Waals surface area contributed by atoms with Crippen LogP contribution in [0, 0.1) is 5.41 Å². The number of hydrogen-bond acceptors (Lipinski definition) is 2. The molecule has 1 aromatic rings. The van der Waals surface area contributed by atoms with E-state index in [0.29, 0.717) is 11.5 Å². The molecule has 0 aliphatic carbocycles. The van der Waals surface area contributed by atoms with Gasteiger partial charge in [-0.25, -0.2) is 0 Å². The number of halogens is 1. The number of nitrogens with zero attached hydrogens (tertiary/aromatic N) is 1. The lowest BCUT2D eigenvalue weighted by atomic mass is 9.73. The lowest BCUT2D eigenvalue weighted by molar-refractivity contribution is 0.0587. The highest BCUT2D eigenvalue weighted by Crippen LogP contribution is 2.40. The van der Waals surface area contributed by atoms with Crippen LogP contribution in [0.15, 0.2) is 28.7 Å². The third-order valence-corrected chi connectivity index (χ3v) is 5.93. The standard InChI is InChI=1S/C18H29BrN2/c1-4-18(5-2)9-11-21(12-10-18)17(14(3)20)15-7-6-8-16(19)13-15/h6-8,13-14,17H,4-5,9-12,20H2,1-3H3. The number of nitrogens with two attached hydrogens (primary N) is 1. The Labute approximate surface area is 138 Å². The van der Waals surface area contributed by atoms with E-state index in [9.17, 15) is 0 Å². The van der Waals surface area contributed by atoms with E-state index in [2.05, 4.69) is 65.9 Å². The van der Waals surface area contributed by atoms with Gasteiger partial charge in [0, 0.05) is 16.6 Å². The van der Waals surface area contributed by atoms with Gasteiger partial charge >= 0.3 is 0 Å². The summed E-state index contributed by atoms with van der Waals surface area (Å²) in [6.45, 7) is 9.15. The van der Waals surface area contributed by atoms with Gasteiger partial charge in [0.15, 0.2) is 0 Å². The molecule has 21 heavy (non-hydrogen) atoms. The minimum Gasteiger partial charge on any atom is -0.326 e. The van der Waals surface area contributed by atoms with Crippen molar-refractivity contribution in [1.82, 2.24) is 4.90 Å². The van der Waals surface area contributed by atoms with Gasteiger partial charge in [-0.15, -0.1) is 0 Å². The lowest BCUT2D eigenvalue weighted by Crippen LogP contribution is -2.46. The second kappa shape index (κ2) is 7.26. The van der Waals surface area contributed by atoms with Crippen LogP contribution in [-0.2, 0) is 0 Å². The molecular formula is C18H29BrN2. The predicted molar refractivity (Wildman–Crippen MR) is 94.4 cm³/mol. The monoisotopic (exact) mass is 352 g/mol. The molecule has 1 heterocycles. The van der Waals surface area contributed by atoms with E-state index in [4.69, 9.17) is 5.73 Å². The van der Waals surface area contributed by atoms with Gasteiger partial charge < -0.3 is 5.73 Å². The molecule has 1 aliphatic rings. The van der Waals surface area contributed by atoms with Crippen LogP contribution >= 0.6 is 15.9 Å². The SMILES string of the molecule is CCC1(CC)CCN(C(c2cccc(Br)c2)C(C)N)CC1. The van der Waals surface area contributed by atoms with Crippen molar-refractivity contribution in [3.8, 4) is 0 Å². The van der Waals surface area contributed by atoms with Crippen LogP contribution in [0.5, 0.6) is 0 Å². The Morgan fingerprint density at radius 3 is 2.33 bits per heavy atom. The summed E-state index contributed by atoms with van der Waals surface area (Å²) in [5.74, 6) is 0. The minimum atomic E-state index is 0.148. The molecule has 1 saturated heterocycles. The average Bonchev–Trinajstić information content (AvgIpc) is 2.48. The summed E-state index contributed by atoms with van der Waals surface area (Å²) in [6.07, 6.45) is 5.21. The van der Waals surface area contributed by atoms with Gasteiger partial charge in [0.1, 0.15) is 0 Å². The quantitative estimate of drug-likeness (QED) is 0.828. The van der Waals surface area contributed by atoms with Gasteiger partial charge in [-0.3, -0.25) is 4.90 Å². The predicted octanol–water partition coefficient (Wildman–Crippen LogP) is 4.74. The lowest BCUT2D eigenvalue weighted by Gasteiger charge is -2.45. The zero-order valence-electron chi connectivity index (χ0n) is 13.6. The molecule has 2 rings (SSSR count). The molecule has 0 amide bonds. The van der Waals surface area contributed by atoms with E-state index in [1.807, 2.05) is 0 Å². The van der Waals surface area contributed by atoms with Crippen molar-refractivity contribution in [3.05, 3.63) is 34.3 Å². The first-order chi connectivity index (χ1) is 10.0. The van der Waals surface area contributed by atoms with Crippen LogP contribution < -0.4 is 5.73 Å². The first kappa shape index (κ1) is 17.0. The second-order valence-corrected chi connectivity index (χ2v) is 7.52. The van der Waals surface area contributed by atoms with Crippen molar-refractivity contribution in [2.45, 2.75) is 58.5 Å². The maximum Gasteiger partial charge on any atom is 0.0496 e. The Bertz CT molecular complexity index is 444. The van der Waals surface area contributed by atoms with E-state index in [1.54, 1.807) is 0 Å². The van der Waals surface area contributed by atoms with Crippen LogP contribution in [0.4, 0.5) is 0 Å². The number of benzene rings is 1. The summed E-state index contributed by atoms with van der Waals surface area (Å²) in [5.41, 5.74) is 8.22. The summed E-state index contributed by atoms with van der Waals surface area (Å²) in [7, 11) is 0. The summed E-state index contributed by atoms with van der Waals surface area (Å²) < 4.78 is 1.14. The molecule has 1 aromatic carbocycles. The zero-order valence-corrected chi connectivity index (χ0v) is 15.2. The highest BCUT2D eigenvalue weighted by molar-refractivity contribution is 9.10. The number of likely N-dealkylation sites (tertiary alicyclic amines) is 1. The summed E-state index contributed by atoms with van der Waals surface area (Å²) in [6, 6.07) is 9.10. The zero-order chi connectivity index (χ0) is 15.5. The van der Waals surface area contributed by atoms with E-state index in [0.717, 1.165) is 4.47 Å². The molecule has 118 valence electrons. The molecule has 3 heteroatoms. The van der Waals surface area contributed by atoms with E-state index in [1.165, 1.54) is 44.3 Å². The first-order valence-corrected chi connectivity index (χ1v) is 9.06. The largest absolute Gasteiger partial charge is 0.326 e. The Hall–Kier alpha value is -0.380. The number of hydrogen-bond donors (Lipinski definition) is 1. The van der Waals surface area contributed by atoms with Gasteiger partial charge in [0.25, 0.3) is 0 Å². The molecule has 1 aliphatic heterocycles. The fourth-order valence-electron chi connectivity index (χ4n) is 3.77. The summed E-state index contributed by atoms with van der Waals surface area (Å²) in [5, 5.41) is 0. The van der Waals surface area contributed by atoms with Crippen molar-refractivity contribution in [3.63, 3.8) is 0 Å². The summed E-state index contributed by atoms with van der Waals surface area (Å²) in [4.78, 5) is 2.59. The Kier molecular flexibility index (Phi) is 5.87. The Balaban J connectivity index is 2.14. The molecule has 2 N–H and O–H groups in total. The smallest absolute Gasteiger partial charge is 0.0496 e. The van der Waals surface area contributed by atoms with Crippen LogP contribution in [0.1, 0.15) is 58.1 Å². The van der Waals surface area contributed by atoms with Gasteiger partial charge in [0.05, 0.1) is 0 Å². The van der Waals surface area contributed by atoms with Crippen LogP contribution in [0.25, 0.3) is 0 Å². The molecule has 2 unspecified atom stereocenters. The number of piperidine rings is 1. The second-order valence-electron chi connectivity index (χ2n) is 6.60. The highest BCUT2D eigenvalue weighted by atomic mass is 79.9. The first-order valence-electron chi connectivity index (χ1n) is 8.26. The molecule has 2 atom stereocenters. The third-order valence-electron chi connectivity index (χ3n) is 5.44. The normalized spacial score (nSPS) is 22.0. The maximum absolute atomic E-state index is 6.33. The van der Waals surface area contributed by atoms with Crippen molar-refractivity contribution >= 4 is 15.9 Å². The van der Waals surface area contributed by atoms with E-state index >= 15 is 0 Å². The molecule has 0 spiro atoms. The van der Waals surface area contributed by atoms with Gasteiger partial charge in [0.2, 0.25) is 0 Å². The van der Waals surface area contributed by atoms with Gasteiger partial charge in [-0.2, -0.15) is 0 Å². The third kappa shape index (κ3) is 3.88. The van der Waals surface area contributed by atoms with Crippen LogP contribution in [0.3, 0.4) is 0 Å². The van der Waals surface area contributed by atoms with Crippen molar-refractivity contribution in [2.24, 2.45) is 11.1 Å². The number of rotatable bonds is 5. The Morgan fingerprint density at radius 1 is 1.24 bits per heavy atom. The Morgan fingerprint density at radius 2 is 1.86 bits per heavy atom. The molecule has 0 aromatic heterocycles. The minimum absolute atomic E-state index is 0.148. The maximum atomic E-state index is 6.33. The fourth-order valence-corrected chi connectivity index (χ4v) is 4.19. The average molecular weight is 353 g/mol. The van der Waals surface area contributed by atoms with Gasteiger partial charge in [-0.1, -0.05) is 54.8 Å². The fraction of sp³-hybridized carbons (Fsp3) is 0.667. The molecular weight excluding hydrogens is 324 g/mol. The topological polar surface area (TPSA) is 29.3 Å². The van der Waals surface area contributed by atoms with Crippen LogP contribution in [0.2, 0.25) is 0 Å². The van der Waals surface area contributed by atoms with Crippen molar-refractivity contribution in [2.75, 3.05) is 13.1 Å². The van der Waals surface area contributed by atoms with E-state index < -0.39 is 0 Å². The van der Waals surface area contributed by atoms with Crippen molar-refractivity contribution in [1.29, 1.82) is 0 Å². The van der Waals surface area contributed by atoms with Crippen molar-refractivity contribution < 1.29 is 0 Å². The summed E-state index contributed by atoms with van der Waals surface area (Å²) >= 11 is 3.58. The molecule has 2 nitrogen and oxygen atoms in total. The van der Waals surface area contributed by atoms with Crippen LogP contribution in [-0.4, -0.2) is 24.0 Å². The molecule has 0 radical (unpaired) electrons. The van der Waals surface area contributed by atoms with E-state index in [-0.39, 0.29) is 6.04 Å².